The standard InChI is InChI=1S/C26H36N2O6/c29-15-23-25-21(13-19(33-23)14-24(30)27-17-4-2-1-3-5-17)20-12-18(6-7-22(20)34-25)28-26(31)16-8-10-32-11-9-16/h6-7,12,16-17,19,21,23,25,29H,1-5,8-11,13-15H2,(H,27,30)(H,28,31)/t19-,21+,23-,25-/m1/s1. The van der Waals surface area contributed by atoms with Crippen LogP contribution in [0.15, 0.2) is 18.2 Å². The molecule has 0 aromatic heterocycles. The number of carbonyl (C=O) groups is 2. The number of nitrogens with one attached hydrogen (secondary N) is 2. The topological polar surface area (TPSA) is 106 Å². The van der Waals surface area contributed by atoms with E-state index in [2.05, 4.69) is 10.6 Å². The summed E-state index contributed by atoms with van der Waals surface area (Å²) in [6.45, 7) is 1.08. The van der Waals surface area contributed by atoms with Crippen molar-refractivity contribution in [3.8, 4) is 5.75 Å². The van der Waals surface area contributed by atoms with Crippen molar-refractivity contribution in [1.82, 2.24) is 5.32 Å². The largest absolute Gasteiger partial charge is 0.487 e. The zero-order valence-electron chi connectivity index (χ0n) is 19.7. The number of amides is 2. The van der Waals surface area contributed by atoms with Gasteiger partial charge < -0.3 is 30.0 Å². The van der Waals surface area contributed by atoms with E-state index in [-0.39, 0.29) is 54.9 Å². The molecule has 3 fully saturated rings. The summed E-state index contributed by atoms with van der Waals surface area (Å²) in [6, 6.07) is 5.99. The van der Waals surface area contributed by atoms with Crippen LogP contribution in [0.25, 0.3) is 0 Å². The lowest BCUT2D eigenvalue weighted by atomic mass is 9.84. The summed E-state index contributed by atoms with van der Waals surface area (Å²) in [5.74, 6) is 0.779. The third-order valence-corrected chi connectivity index (χ3v) is 7.74. The molecule has 4 aliphatic rings. The lowest BCUT2D eigenvalue weighted by Crippen LogP contribution is -2.48. The minimum absolute atomic E-state index is 0.00770. The molecule has 2 amide bonds. The molecule has 8 nitrogen and oxygen atoms in total. The maximum absolute atomic E-state index is 12.7. The van der Waals surface area contributed by atoms with E-state index in [1.807, 2.05) is 18.2 Å². The molecule has 1 aromatic rings. The number of hydrogen-bond acceptors (Lipinski definition) is 6. The Morgan fingerprint density at radius 3 is 2.62 bits per heavy atom. The summed E-state index contributed by atoms with van der Waals surface area (Å²) in [7, 11) is 0. The summed E-state index contributed by atoms with van der Waals surface area (Å²) in [4.78, 5) is 25.4. The average molecular weight is 473 g/mol. The zero-order valence-corrected chi connectivity index (χ0v) is 19.7. The molecule has 0 radical (unpaired) electrons. The lowest BCUT2D eigenvalue weighted by molar-refractivity contribution is -0.142. The Hall–Kier alpha value is -2.16. The van der Waals surface area contributed by atoms with Crippen LogP contribution in [0.3, 0.4) is 0 Å². The van der Waals surface area contributed by atoms with Gasteiger partial charge in [0.05, 0.1) is 19.1 Å². The Morgan fingerprint density at radius 2 is 1.85 bits per heavy atom. The molecule has 4 atom stereocenters. The van der Waals surface area contributed by atoms with E-state index in [4.69, 9.17) is 14.2 Å². The Kier molecular flexibility index (Phi) is 7.37. The van der Waals surface area contributed by atoms with Gasteiger partial charge in [0, 0.05) is 42.3 Å². The molecule has 2 saturated heterocycles. The van der Waals surface area contributed by atoms with Gasteiger partial charge in [-0.15, -0.1) is 0 Å². The highest BCUT2D eigenvalue weighted by atomic mass is 16.6. The van der Waals surface area contributed by atoms with Gasteiger partial charge in [-0.3, -0.25) is 9.59 Å². The molecule has 3 N–H and O–H groups in total. The molecule has 1 aromatic carbocycles. The van der Waals surface area contributed by atoms with Gasteiger partial charge in [-0.1, -0.05) is 19.3 Å². The maximum Gasteiger partial charge on any atom is 0.227 e. The van der Waals surface area contributed by atoms with E-state index in [0.29, 0.717) is 19.6 Å². The van der Waals surface area contributed by atoms with Crippen molar-refractivity contribution in [2.45, 2.75) is 88.1 Å². The number of aliphatic hydroxyl groups excluding tert-OH is 1. The van der Waals surface area contributed by atoms with Gasteiger partial charge in [0.1, 0.15) is 18.0 Å². The van der Waals surface area contributed by atoms with Crippen molar-refractivity contribution >= 4 is 17.5 Å². The molecule has 3 aliphatic heterocycles. The van der Waals surface area contributed by atoms with E-state index in [9.17, 15) is 14.7 Å². The summed E-state index contributed by atoms with van der Waals surface area (Å²) in [5.41, 5.74) is 1.76. The van der Waals surface area contributed by atoms with E-state index in [0.717, 1.165) is 42.7 Å². The number of anilines is 1. The lowest BCUT2D eigenvalue weighted by Gasteiger charge is -2.37. The quantitative estimate of drug-likeness (QED) is 0.588. The Labute approximate surface area is 200 Å². The Balaban J connectivity index is 1.25. The summed E-state index contributed by atoms with van der Waals surface area (Å²) >= 11 is 0. The van der Waals surface area contributed by atoms with Crippen LogP contribution < -0.4 is 15.4 Å². The maximum atomic E-state index is 12.7. The second kappa shape index (κ2) is 10.6. The first-order chi connectivity index (χ1) is 16.6. The second-order valence-corrected chi connectivity index (χ2v) is 10.1. The van der Waals surface area contributed by atoms with Crippen molar-refractivity contribution in [1.29, 1.82) is 0 Å². The van der Waals surface area contributed by atoms with Gasteiger partial charge in [0.2, 0.25) is 11.8 Å². The van der Waals surface area contributed by atoms with Crippen LogP contribution in [0.1, 0.15) is 69.3 Å². The highest BCUT2D eigenvalue weighted by Crippen LogP contribution is 2.47. The van der Waals surface area contributed by atoms with E-state index in [1.54, 1.807) is 0 Å². The summed E-state index contributed by atoms with van der Waals surface area (Å²) < 4.78 is 17.6. The molecular weight excluding hydrogens is 436 g/mol. The molecule has 0 unspecified atom stereocenters. The van der Waals surface area contributed by atoms with Gasteiger partial charge in [0.15, 0.2) is 0 Å². The summed E-state index contributed by atoms with van der Waals surface area (Å²) in [6.07, 6.45) is 7.03. The zero-order chi connectivity index (χ0) is 23.5. The fourth-order valence-corrected chi connectivity index (χ4v) is 5.91. The molecule has 5 rings (SSSR count). The number of benzene rings is 1. The van der Waals surface area contributed by atoms with E-state index < -0.39 is 6.10 Å². The van der Waals surface area contributed by atoms with Gasteiger partial charge in [-0.25, -0.2) is 0 Å². The molecule has 8 heteroatoms. The third kappa shape index (κ3) is 5.24. The number of carbonyl (C=O) groups excluding carboxylic acids is 2. The number of hydrogen-bond donors (Lipinski definition) is 3. The Morgan fingerprint density at radius 1 is 1.06 bits per heavy atom. The van der Waals surface area contributed by atoms with Crippen LogP contribution in [-0.4, -0.2) is 61.1 Å². The van der Waals surface area contributed by atoms with E-state index >= 15 is 0 Å². The van der Waals surface area contributed by atoms with Gasteiger partial charge >= 0.3 is 0 Å². The molecule has 3 heterocycles. The number of rotatable bonds is 6. The van der Waals surface area contributed by atoms with Crippen molar-refractivity contribution in [3.63, 3.8) is 0 Å². The second-order valence-electron chi connectivity index (χ2n) is 10.1. The van der Waals surface area contributed by atoms with Crippen LogP contribution in [0, 0.1) is 5.92 Å². The molecule has 1 saturated carbocycles. The first-order valence-electron chi connectivity index (χ1n) is 12.9. The van der Waals surface area contributed by atoms with Gasteiger partial charge in [-0.05, 0) is 50.3 Å². The van der Waals surface area contributed by atoms with E-state index in [1.165, 1.54) is 19.3 Å². The van der Waals surface area contributed by atoms with Gasteiger partial charge in [0.25, 0.3) is 0 Å². The van der Waals surface area contributed by atoms with Crippen LogP contribution >= 0.6 is 0 Å². The predicted molar refractivity (Wildman–Crippen MR) is 126 cm³/mol. The van der Waals surface area contributed by atoms with Crippen LogP contribution in [0.4, 0.5) is 5.69 Å². The van der Waals surface area contributed by atoms with Crippen LogP contribution in [0.5, 0.6) is 5.75 Å². The number of ether oxygens (including phenoxy) is 3. The monoisotopic (exact) mass is 472 g/mol. The van der Waals surface area contributed by atoms with Crippen LogP contribution in [0.2, 0.25) is 0 Å². The van der Waals surface area contributed by atoms with Gasteiger partial charge in [-0.2, -0.15) is 0 Å². The fraction of sp³-hybridized carbons (Fsp3) is 0.692. The highest BCUT2D eigenvalue weighted by molar-refractivity contribution is 5.92. The number of fused-ring (bicyclic) bond motifs is 3. The molecule has 34 heavy (non-hydrogen) atoms. The van der Waals surface area contributed by atoms with Crippen molar-refractivity contribution in [2.75, 3.05) is 25.1 Å². The normalized spacial score (nSPS) is 29.6. The first-order valence-corrected chi connectivity index (χ1v) is 12.9. The smallest absolute Gasteiger partial charge is 0.227 e. The fourth-order valence-electron chi connectivity index (χ4n) is 5.91. The molecule has 0 spiro atoms. The minimum atomic E-state index is -0.487. The molecule has 0 bridgehead atoms. The minimum Gasteiger partial charge on any atom is -0.487 e. The predicted octanol–water partition coefficient (Wildman–Crippen LogP) is 2.89. The van der Waals surface area contributed by atoms with Crippen molar-refractivity contribution in [3.05, 3.63) is 23.8 Å². The third-order valence-electron chi connectivity index (χ3n) is 7.74. The highest BCUT2D eigenvalue weighted by Gasteiger charge is 2.46. The average Bonchev–Trinajstić information content (AvgIpc) is 3.22. The van der Waals surface area contributed by atoms with Crippen LogP contribution in [-0.2, 0) is 19.1 Å². The summed E-state index contributed by atoms with van der Waals surface area (Å²) in [5, 5.41) is 16.2. The Bertz CT molecular complexity index is 880. The first kappa shape index (κ1) is 23.6. The number of aliphatic hydroxyl groups is 1. The molecule has 1 aliphatic carbocycles. The van der Waals surface area contributed by atoms with Crippen molar-refractivity contribution in [2.24, 2.45) is 5.92 Å². The SMILES string of the molecule is O=C(C[C@H]1C[C@H]2c3cc(NC(=O)C4CCOCC4)ccc3O[C@H]2[C@@H](CO)O1)NC1CCCCC1. The van der Waals surface area contributed by atoms with Crippen molar-refractivity contribution < 1.29 is 28.9 Å². The molecular formula is C26H36N2O6. The molecule has 186 valence electrons.